The maximum absolute atomic E-state index is 11.9. The van der Waals surface area contributed by atoms with Gasteiger partial charge in [-0.15, -0.1) is 11.3 Å². The Hall–Kier alpha value is -1.47. The first-order valence-electron chi connectivity index (χ1n) is 5.72. The molecule has 0 bridgehead atoms. The molecule has 1 fully saturated rings. The van der Waals surface area contributed by atoms with Crippen LogP contribution in [0.2, 0.25) is 0 Å². The zero-order chi connectivity index (χ0) is 13.0. The molecule has 1 N–H and O–H groups in total. The van der Waals surface area contributed by atoms with E-state index in [2.05, 4.69) is 10.3 Å². The minimum atomic E-state index is -0.157. The van der Waals surface area contributed by atoms with Gasteiger partial charge in [0.15, 0.2) is 5.13 Å². The Labute approximate surface area is 109 Å². The molecule has 6 nitrogen and oxygen atoms in total. The SMILES string of the molecule is CC(=O)Nc1nc(CC(=O)N2CCOCC2)cs1. The monoisotopic (exact) mass is 269 g/mol. The Morgan fingerprint density at radius 1 is 1.50 bits per heavy atom. The largest absolute Gasteiger partial charge is 0.378 e. The van der Waals surface area contributed by atoms with Crippen molar-refractivity contribution >= 4 is 28.3 Å². The van der Waals surface area contributed by atoms with Crippen LogP contribution in [0.3, 0.4) is 0 Å². The minimum Gasteiger partial charge on any atom is -0.378 e. The number of anilines is 1. The van der Waals surface area contributed by atoms with Gasteiger partial charge in [-0.05, 0) is 0 Å². The minimum absolute atomic E-state index is 0.0537. The van der Waals surface area contributed by atoms with Crippen molar-refractivity contribution in [3.05, 3.63) is 11.1 Å². The third kappa shape index (κ3) is 3.51. The second-order valence-corrected chi connectivity index (χ2v) is 4.85. The molecule has 2 rings (SSSR count). The van der Waals surface area contributed by atoms with Crippen LogP contribution in [0.15, 0.2) is 5.38 Å². The average Bonchev–Trinajstić information content (AvgIpc) is 2.76. The highest BCUT2D eigenvalue weighted by Gasteiger charge is 2.18. The molecule has 0 spiro atoms. The Bertz CT molecular complexity index is 440. The number of carbonyl (C=O) groups is 2. The number of nitrogens with one attached hydrogen (secondary N) is 1. The lowest BCUT2D eigenvalue weighted by atomic mass is 10.3. The quantitative estimate of drug-likeness (QED) is 0.867. The van der Waals surface area contributed by atoms with Crippen LogP contribution in [0.25, 0.3) is 0 Å². The smallest absolute Gasteiger partial charge is 0.228 e. The van der Waals surface area contributed by atoms with E-state index in [1.165, 1.54) is 18.3 Å². The van der Waals surface area contributed by atoms with Crippen molar-refractivity contribution in [1.82, 2.24) is 9.88 Å². The summed E-state index contributed by atoms with van der Waals surface area (Å²) in [4.78, 5) is 28.8. The van der Waals surface area contributed by atoms with Crippen LogP contribution in [-0.4, -0.2) is 48.0 Å². The lowest BCUT2D eigenvalue weighted by Gasteiger charge is -2.26. The summed E-state index contributed by atoms with van der Waals surface area (Å²) in [5, 5.41) is 4.93. The third-order valence-corrected chi connectivity index (χ3v) is 3.34. The van der Waals surface area contributed by atoms with E-state index in [1.54, 1.807) is 10.3 Å². The highest BCUT2D eigenvalue weighted by Crippen LogP contribution is 2.16. The van der Waals surface area contributed by atoms with Gasteiger partial charge in [0.1, 0.15) is 0 Å². The zero-order valence-electron chi connectivity index (χ0n) is 10.1. The summed E-state index contributed by atoms with van der Waals surface area (Å²) in [6.07, 6.45) is 0.274. The second kappa shape index (κ2) is 5.92. The van der Waals surface area contributed by atoms with Crippen LogP contribution in [0.1, 0.15) is 12.6 Å². The molecule has 0 aromatic carbocycles. The highest BCUT2D eigenvalue weighted by molar-refractivity contribution is 7.13. The number of rotatable bonds is 3. The molecule has 0 radical (unpaired) electrons. The van der Waals surface area contributed by atoms with Gasteiger partial charge < -0.3 is 15.0 Å². The van der Waals surface area contributed by atoms with Gasteiger partial charge in [0.25, 0.3) is 0 Å². The van der Waals surface area contributed by atoms with Crippen LogP contribution in [0.4, 0.5) is 5.13 Å². The van der Waals surface area contributed by atoms with E-state index >= 15 is 0 Å². The number of thiazole rings is 1. The van der Waals surface area contributed by atoms with Crippen LogP contribution < -0.4 is 5.32 Å². The van der Waals surface area contributed by atoms with Crippen molar-refractivity contribution in [2.45, 2.75) is 13.3 Å². The molecule has 7 heteroatoms. The summed E-state index contributed by atoms with van der Waals surface area (Å²) in [5.74, 6) is -0.103. The van der Waals surface area contributed by atoms with Gasteiger partial charge in [-0.2, -0.15) is 0 Å². The number of ether oxygens (including phenoxy) is 1. The Kier molecular flexibility index (Phi) is 4.27. The molecule has 1 aliphatic rings. The Morgan fingerprint density at radius 2 is 2.22 bits per heavy atom. The van der Waals surface area contributed by atoms with Crippen molar-refractivity contribution in [2.24, 2.45) is 0 Å². The summed E-state index contributed by atoms with van der Waals surface area (Å²) < 4.78 is 5.19. The molecular weight excluding hydrogens is 254 g/mol. The van der Waals surface area contributed by atoms with Crippen LogP contribution in [-0.2, 0) is 20.7 Å². The van der Waals surface area contributed by atoms with Gasteiger partial charge in [-0.1, -0.05) is 0 Å². The van der Waals surface area contributed by atoms with Gasteiger partial charge in [0, 0.05) is 25.4 Å². The van der Waals surface area contributed by atoms with Gasteiger partial charge in [-0.25, -0.2) is 4.98 Å². The molecule has 2 amide bonds. The van der Waals surface area contributed by atoms with E-state index in [9.17, 15) is 9.59 Å². The lowest BCUT2D eigenvalue weighted by Crippen LogP contribution is -2.41. The molecule has 1 aromatic heterocycles. The number of morpholine rings is 1. The number of carbonyl (C=O) groups excluding carboxylic acids is 2. The van der Waals surface area contributed by atoms with Gasteiger partial charge in [-0.3, -0.25) is 9.59 Å². The Balaban J connectivity index is 1.90. The topological polar surface area (TPSA) is 71.5 Å². The average molecular weight is 269 g/mol. The molecule has 2 heterocycles. The number of hydrogen-bond donors (Lipinski definition) is 1. The predicted molar refractivity (Wildman–Crippen MR) is 67.5 cm³/mol. The summed E-state index contributed by atoms with van der Waals surface area (Å²) in [6, 6.07) is 0. The van der Waals surface area contributed by atoms with E-state index < -0.39 is 0 Å². The molecule has 0 unspecified atom stereocenters. The fourth-order valence-corrected chi connectivity index (χ4v) is 2.43. The molecule has 0 saturated carbocycles. The Morgan fingerprint density at radius 3 is 2.89 bits per heavy atom. The standard InChI is InChI=1S/C11H15N3O3S/c1-8(15)12-11-13-9(7-18-11)6-10(16)14-2-4-17-5-3-14/h7H,2-6H2,1H3,(H,12,13,15). The van der Waals surface area contributed by atoms with Gasteiger partial charge in [0.2, 0.25) is 11.8 Å². The van der Waals surface area contributed by atoms with Crippen molar-refractivity contribution in [2.75, 3.05) is 31.6 Å². The first-order valence-corrected chi connectivity index (χ1v) is 6.60. The molecular formula is C11H15N3O3S. The number of nitrogens with zero attached hydrogens (tertiary/aromatic N) is 2. The van der Waals surface area contributed by atoms with Gasteiger partial charge in [0.05, 0.1) is 25.3 Å². The maximum Gasteiger partial charge on any atom is 0.228 e. The number of aromatic nitrogens is 1. The van der Waals surface area contributed by atoms with Gasteiger partial charge >= 0.3 is 0 Å². The summed E-state index contributed by atoms with van der Waals surface area (Å²) in [7, 11) is 0. The van der Waals surface area contributed by atoms with Crippen LogP contribution >= 0.6 is 11.3 Å². The fraction of sp³-hybridized carbons (Fsp3) is 0.545. The van der Waals surface area contributed by atoms with E-state index in [1.807, 2.05) is 0 Å². The lowest BCUT2D eigenvalue weighted by molar-refractivity contribution is -0.134. The first kappa shape index (κ1) is 13.0. The third-order valence-electron chi connectivity index (χ3n) is 2.53. The predicted octanol–water partition coefficient (Wildman–Crippen LogP) is 0.503. The highest BCUT2D eigenvalue weighted by atomic mass is 32.1. The molecule has 0 aliphatic carbocycles. The summed E-state index contributed by atoms with van der Waals surface area (Å²) in [6.45, 7) is 3.91. The van der Waals surface area contributed by atoms with E-state index in [4.69, 9.17) is 4.74 Å². The number of amides is 2. The normalized spacial score (nSPS) is 15.5. The molecule has 1 aliphatic heterocycles. The van der Waals surface area contributed by atoms with E-state index in [0.717, 1.165) is 0 Å². The second-order valence-electron chi connectivity index (χ2n) is 4.00. The van der Waals surface area contributed by atoms with E-state index in [-0.39, 0.29) is 18.2 Å². The van der Waals surface area contributed by atoms with E-state index in [0.29, 0.717) is 37.1 Å². The molecule has 18 heavy (non-hydrogen) atoms. The van der Waals surface area contributed by atoms with Crippen molar-refractivity contribution in [3.8, 4) is 0 Å². The first-order chi connectivity index (χ1) is 8.65. The summed E-state index contributed by atoms with van der Waals surface area (Å²) >= 11 is 1.33. The van der Waals surface area contributed by atoms with Crippen LogP contribution in [0.5, 0.6) is 0 Å². The molecule has 98 valence electrons. The molecule has 1 saturated heterocycles. The number of hydrogen-bond acceptors (Lipinski definition) is 5. The maximum atomic E-state index is 11.9. The molecule has 0 atom stereocenters. The van der Waals surface area contributed by atoms with Crippen LogP contribution in [0, 0.1) is 0 Å². The molecule has 1 aromatic rings. The fourth-order valence-electron chi connectivity index (χ4n) is 1.68. The zero-order valence-corrected chi connectivity index (χ0v) is 11.0. The van der Waals surface area contributed by atoms with Crippen molar-refractivity contribution in [1.29, 1.82) is 0 Å². The van der Waals surface area contributed by atoms with Crippen molar-refractivity contribution < 1.29 is 14.3 Å². The summed E-state index contributed by atoms with van der Waals surface area (Å²) in [5.41, 5.74) is 0.695. The van der Waals surface area contributed by atoms with Crippen molar-refractivity contribution in [3.63, 3.8) is 0 Å².